The number of benzene rings is 2. The average Bonchev–Trinajstić information content (AvgIpc) is 2.85. The topological polar surface area (TPSA) is 84.9 Å². The molecule has 2 aromatic carbocycles. The SMILES string of the molecule is CCO[C@H]1C[C@@H](c2ccccc2)OC2(CCN(C(=O)c3ccc(S(=O)(=O)NC)cc3)CC2)C1. The maximum absolute atomic E-state index is 13.0. The summed E-state index contributed by atoms with van der Waals surface area (Å²) < 4.78 is 38.9. The molecule has 2 saturated heterocycles. The normalized spacial score (nSPS) is 22.9. The second kappa shape index (κ2) is 9.93. The summed E-state index contributed by atoms with van der Waals surface area (Å²) in [6.45, 7) is 3.88. The van der Waals surface area contributed by atoms with Crippen molar-refractivity contribution in [2.75, 3.05) is 26.7 Å². The zero-order valence-corrected chi connectivity index (χ0v) is 20.0. The number of nitrogens with zero attached hydrogens (tertiary/aromatic N) is 1. The third-order valence-electron chi connectivity index (χ3n) is 6.68. The lowest BCUT2D eigenvalue weighted by atomic mass is 9.80. The summed E-state index contributed by atoms with van der Waals surface area (Å²) in [5.41, 5.74) is 1.34. The van der Waals surface area contributed by atoms with Gasteiger partial charge in [0.1, 0.15) is 0 Å². The van der Waals surface area contributed by atoms with Gasteiger partial charge in [0.05, 0.1) is 22.7 Å². The van der Waals surface area contributed by atoms with Crippen LogP contribution < -0.4 is 4.72 Å². The number of likely N-dealkylation sites (tertiary alicyclic amines) is 1. The fourth-order valence-electron chi connectivity index (χ4n) is 4.89. The van der Waals surface area contributed by atoms with Crippen molar-refractivity contribution in [1.29, 1.82) is 0 Å². The number of carbonyl (C=O) groups is 1. The van der Waals surface area contributed by atoms with Gasteiger partial charge in [0.2, 0.25) is 10.0 Å². The smallest absolute Gasteiger partial charge is 0.253 e. The van der Waals surface area contributed by atoms with Gasteiger partial charge in [-0.15, -0.1) is 0 Å². The zero-order chi connectivity index (χ0) is 23.5. The van der Waals surface area contributed by atoms with Crippen LogP contribution in [0.25, 0.3) is 0 Å². The summed E-state index contributed by atoms with van der Waals surface area (Å²) >= 11 is 0. The Labute approximate surface area is 196 Å². The minimum atomic E-state index is -3.53. The molecule has 0 radical (unpaired) electrons. The summed E-state index contributed by atoms with van der Waals surface area (Å²) in [4.78, 5) is 15.0. The van der Waals surface area contributed by atoms with Crippen LogP contribution in [0, 0.1) is 0 Å². The van der Waals surface area contributed by atoms with E-state index in [-0.39, 0.29) is 28.6 Å². The second-order valence-electron chi connectivity index (χ2n) is 8.74. The number of carbonyl (C=O) groups excluding carboxylic acids is 1. The van der Waals surface area contributed by atoms with E-state index in [9.17, 15) is 13.2 Å². The van der Waals surface area contributed by atoms with Crippen molar-refractivity contribution in [1.82, 2.24) is 9.62 Å². The van der Waals surface area contributed by atoms with Crippen LogP contribution >= 0.6 is 0 Å². The van der Waals surface area contributed by atoms with Crippen molar-refractivity contribution in [3.8, 4) is 0 Å². The molecular formula is C25H32N2O5S. The molecule has 1 spiro atoms. The number of rotatable bonds is 6. The molecule has 0 aliphatic carbocycles. The lowest BCUT2D eigenvalue weighted by molar-refractivity contribution is -0.190. The predicted molar refractivity (Wildman–Crippen MR) is 125 cm³/mol. The quantitative estimate of drug-likeness (QED) is 0.695. The maximum Gasteiger partial charge on any atom is 0.253 e. The summed E-state index contributed by atoms with van der Waals surface area (Å²) in [6, 6.07) is 16.3. The van der Waals surface area contributed by atoms with Crippen molar-refractivity contribution in [2.24, 2.45) is 0 Å². The Kier molecular flexibility index (Phi) is 7.19. The molecule has 4 rings (SSSR count). The first-order valence-corrected chi connectivity index (χ1v) is 13.0. The number of sulfonamides is 1. The molecule has 0 bridgehead atoms. The van der Waals surface area contributed by atoms with Gasteiger partial charge in [-0.05, 0) is 56.6 Å². The Balaban J connectivity index is 1.44. The molecule has 1 amide bonds. The Bertz CT molecular complexity index is 1050. The number of piperidine rings is 1. The largest absolute Gasteiger partial charge is 0.378 e. The molecule has 0 unspecified atom stereocenters. The van der Waals surface area contributed by atoms with Crippen LogP contribution in [-0.4, -0.2) is 57.7 Å². The highest BCUT2D eigenvalue weighted by Gasteiger charge is 2.45. The van der Waals surface area contributed by atoms with E-state index in [0.29, 0.717) is 25.3 Å². The van der Waals surface area contributed by atoms with Crippen molar-refractivity contribution in [3.63, 3.8) is 0 Å². The molecule has 2 aliphatic heterocycles. The van der Waals surface area contributed by atoms with Crippen LogP contribution in [0.15, 0.2) is 59.5 Å². The molecule has 2 aromatic rings. The molecule has 0 aromatic heterocycles. The molecule has 1 N–H and O–H groups in total. The van der Waals surface area contributed by atoms with Gasteiger partial charge in [-0.3, -0.25) is 4.79 Å². The molecule has 2 fully saturated rings. The lowest BCUT2D eigenvalue weighted by Crippen LogP contribution is -2.52. The number of nitrogens with one attached hydrogen (secondary N) is 1. The Morgan fingerprint density at radius 1 is 1.12 bits per heavy atom. The van der Waals surface area contributed by atoms with Crippen molar-refractivity contribution < 1.29 is 22.7 Å². The van der Waals surface area contributed by atoms with Crippen LogP contribution in [0.4, 0.5) is 0 Å². The van der Waals surface area contributed by atoms with Crippen molar-refractivity contribution >= 4 is 15.9 Å². The standard InChI is InChI=1S/C25H32N2O5S/c1-3-31-21-17-23(19-7-5-4-6-8-19)32-25(18-21)13-15-27(16-14-25)24(28)20-9-11-22(12-10-20)33(29,30)26-2/h4-12,21,23,26H,3,13-18H2,1-2H3/t21-,23-/m0/s1. The molecule has 0 saturated carbocycles. The van der Waals surface area contributed by atoms with Crippen LogP contribution in [0.3, 0.4) is 0 Å². The highest BCUT2D eigenvalue weighted by Crippen LogP contribution is 2.44. The van der Waals surface area contributed by atoms with Crippen molar-refractivity contribution in [2.45, 2.75) is 55.3 Å². The van der Waals surface area contributed by atoms with Gasteiger partial charge < -0.3 is 14.4 Å². The van der Waals surface area contributed by atoms with Gasteiger partial charge in [-0.25, -0.2) is 13.1 Å². The van der Waals surface area contributed by atoms with Crippen LogP contribution in [0.1, 0.15) is 54.6 Å². The van der Waals surface area contributed by atoms with E-state index in [4.69, 9.17) is 9.47 Å². The van der Waals surface area contributed by atoms with Gasteiger partial charge in [0.15, 0.2) is 0 Å². The number of ether oxygens (including phenoxy) is 2. The molecule has 8 heteroatoms. The molecule has 33 heavy (non-hydrogen) atoms. The first kappa shape index (κ1) is 23.9. The minimum absolute atomic E-state index is 0.0135. The Morgan fingerprint density at radius 2 is 1.79 bits per heavy atom. The molecule has 2 heterocycles. The van der Waals surface area contributed by atoms with E-state index in [2.05, 4.69) is 16.9 Å². The van der Waals surface area contributed by atoms with E-state index >= 15 is 0 Å². The summed E-state index contributed by atoms with van der Waals surface area (Å²) in [7, 11) is -2.16. The van der Waals surface area contributed by atoms with E-state index in [1.807, 2.05) is 30.0 Å². The zero-order valence-electron chi connectivity index (χ0n) is 19.2. The van der Waals surface area contributed by atoms with Crippen LogP contribution in [0.5, 0.6) is 0 Å². The molecule has 7 nitrogen and oxygen atoms in total. The molecule has 2 atom stereocenters. The summed E-state index contributed by atoms with van der Waals surface area (Å²) in [5, 5.41) is 0. The first-order chi connectivity index (χ1) is 15.9. The second-order valence-corrected chi connectivity index (χ2v) is 10.6. The average molecular weight is 473 g/mol. The van der Waals surface area contributed by atoms with E-state index < -0.39 is 10.0 Å². The number of amides is 1. The third-order valence-corrected chi connectivity index (χ3v) is 8.12. The Morgan fingerprint density at radius 3 is 2.39 bits per heavy atom. The van der Waals surface area contributed by atoms with Crippen LogP contribution in [-0.2, 0) is 19.5 Å². The molecular weight excluding hydrogens is 440 g/mol. The number of hydrogen-bond acceptors (Lipinski definition) is 5. The fourth-order valence-corrected chi connectivity index (χ4v) is 5.62. The minimum Gasteiger partial charge on any atom is -0.378 e. The van der Waals surface area contributed by atoms with Gasteiger partial charge >= 0.3 is 0 Å². The molecule has 178 valence electrons. The fraction of sp³-hybridized carbons (Fsp3) is 0.480. The highest BCUT2D eigenvalue weighted by molar-refractivity contribution is 7.89. The van der Waals surface area contributed by atoms with E-state index in [1.54, 1.807) is 12.1 Å². The Hall–Kier alpha value is -2.26. The van der Waals surface area contributed by atoms with E-state index in [1.165, 1.54) is 19.2 Å². The van der Waals surface area contributed by atoms with E-state index in [0.717, 1.165) is 31.2 Å². The summed E-state index contributed by atoms with van der Waals surface area (Å²) in [6.07, 6.45) is 3.29. The predicted octanol–water partition coefficient (Wildman–Crippen LogP) is 3.53. The summed E-state index contributed by atoms with van der Waals surface area (Å²) in [5.74, 6) is -0.0879. The van der Waals surface area contributed by atoms with Gasteiger partial charge in [-0.2, -0.15) is 0 Å². The van der Waals surface area contributed by atoms with Crippen LogP contribution in [0.2, 0.25) is 0 Å². The first-order valence-electron chi connectivity index (χ1n) is 11.5. The number of hydrogen-bond donors (Lipinski definition) is 1. The maximum atomic E-state index is 13.0. The third kappa shape index (κ3) is 5.30. The lowest BCUT2D eigenvalue weighted by Gasteiger charge is -2.48. The van der Waals surface area contributed by atoms with Gasteiger partial charge in [0, 0.05) is 38.1 Å². The van der Waals surface area contributed by atoms with Gasteiger partial charge in [-0.1, -0.05) is 30.3 Å². The van der Waals surface area contributed by atoms with Crippen molar-refractivity contribution in [3.05, 3.63) is 65.7 Å². The molecule has 2 aliphatic rings. The highest BCUT2D eigenvalue weighted by atomic mass is 32.2. The van der Waals surface area contributed by atoms with Gasteiger partial charge in [0.25, 0.3) is 5.91 Å². The monoisotopic (exact) mass is 472 g/mol.